The number of hydrogen-bond acceptors (Lipinski definition) is 4. The normalized spacial score (nSPS) is 22.3. The van der Waals surface area contributed by atoms with E-state index < -0.39 is 0 Å². The van der Waals surface area contributed by atoms with Crippen LogP contribution in [0.4, 0.5) is 0 Å². The van der Waals surface area contributed by atoms with Gasteiger partial charge in [0.1, 0.15) is 5.82 Å². The Bertz CT molecular complexity index is 567. The molecule has 1 fully saturated rings. The lowest BCUT2D eigenvalue weighted by atomic mass is 10.0. The van der Waals surface area contributed by atoms with Crippen molar-refractivity contribution in [3.05, 3.63) is 36.2 Å². The molecular weight excluding hydrogens is 252 g/mol. The SMILES string of the molecule is CCNC1COCC1c1nc(-c2ccccc2)nn1C. The first-order chi connectivity index (χ1) is 9.79. The number of aryl methyl sites for hydroxylation is 1. The maximum Gasteiger partial charge on any atom is 0.181 e. The third-order valence-electron chi connectivity index (χ3n) is 3.71. The van der Waals surface area contributed by atoms with Crippen LogP contribution in [0, 0.1) is 0 Å². The molecule has 1 aromatic heterocycles. The molecule has 5 heteroatoms. The molecule has 2 heterocycles. The minimum atomic E-state index is 0.268. The fraction of sp³-hybridized carbons (Fsp3) is 0.467. The molecule has 2 unspecified atom stereocenters. The second kappa shape index (κ2) is 5.73. The average molecular weight is 272 g/mol. The maximum atomic E-state index is 5.60. The van der Waals surface area contributed by atoms with Crippen molar-refractivity contribution in [2.24, 2.45) is 7.05 Å². The zero-order valence-corrected chi connectivity index (χ0v) is 11.9. The van der Waals surface area contributed by atoms with Gasteiger partial charge in [-0.05, 0) is 6.54 Å². The summed E-state index contributed by atoms with van der Waals surface area (Å²) in [6, 6.07) is 10.4. The summed E-state index contributed by atoms with van der Waals surface area (Å²) in [7, 11) is 1.95. The van der Waals surface area contributed by atoms with Crippen molar-refractivity contribution in [1.29, 1.82) is 0 Å². The molecule has 5 nitrogen and oxygen atoms in total. The molecule has 2 aromatic rings. The molecule has 3 rings (SSSR count). The first-order valence-electron chi connectivity index (χ1n) is 7.07. The van der Waals surface area contributed by atoms with Crippen LogP contribution < -0.4 is 5.32 Å². The van der Waals surface area contributed by atoms with Crippen LogP contribution >= 0.6 is 0 Å². The lowest BCUT2D eigenvalue weighted by Crippen LogP contribution is -2.35. The number of ether oxygens (including phenoxy) is 1. The Kier molecular flexibility index (Phi) is 3.80. The zero-order valence-electron chi connectivity index (χ0n) is 11.9. The van der Waals surface area contributed by atoms with E-state index in [1.165, 1.54) is 0 Å². The van der Waals surface area contributed by atoms with E-state index in [1.807, 2.05) is 42.1 Å². The van der Waals surface area contributed by atoms with Gasteiger partial charge in [0.25, 0.3) is 0 Å². The Balaban J connectivity index is 1.89. The second-order valence-electron chi connectivity index (χ2n) is 5.09. The molecule has 0 radical (unpaired) electrons. The molecular formula is C15H20N4O. The monoisotopic (exact) mass is 272 g/mol. The summed E-state index contributed by atoms with van der Waals surface area (Å²) >= 11 is 0. The summed E-state index contributed by atoms with van der Waals surface area (Å²) < 4.78 is 7.48. The third kappa shape index (κ3) is 2.46. The highest BCUT2D eigenvalue weighted by molar-refractivity contribution is 5.54. The van der Waals surface area contributed by atoms with Crippen LogP contribution in [-0.4, -0.2) is 40.6 Å². The summed E-state index contributed by atoms with van der Waals surface area (Å²) in [4.78, 5) is 4.73. The Morgan fingerprint density at radius 1 is 1.30 bits per heavy atom. The maximum absolute atomic E-state index is 5.60. The number of rotatable bonds is 4. The molecule has 1 aromatic carbocycles. The lowest BCUT2D eigenvalue weighted by Gasteiger charge is -2.16. The summed E-state index contributed by atoms with van der Waals surface area (Å²) in [5.41, 5.74) is 1.05. The summed E-state index contributed by atoms with van der Waals surface area (Å²) in [6.45, 7) is 4.50. The first-order valence-corrected chi connectivity index (χ1v) is 7.07. The summed E-state index contributed by atoms with van der Waals surface area (Å²) in [5.74, 6) is 2.04. The number of hydrogen-bond donors (Lipinski definition) is 1. The van der Waals surface area contributed by atoms with Gasteiger partial charge in [0.2, 0.25) is 0 Å². The van der Waals surface area contributed by atoms with E-state index in [-0.39, 0.29) is 5.92 Å². The number of likely N-dealkylation sites (N-methyl/N-ethyl adjacent to an activating group) is 1. The number of nitrogens with zero attached hydrogens (tertiary/aromatic N) is 3. The van der Waals surface area contributed by atoms with Gasteiger partial charge in [-0.2, -0.15) is 5.10 Å². The van der Waals surface area contributed by atoms with Gasteiger partial charge in [-0.25, -0.2) is 4.98 Å². The average Bonchev–Trinajstić information content (AvgIpc) is 3.07. The molecule has 0 aliphatic carbocycles. The van der Waals surface area contributed by atoms with Crippen molar-refractivity contribution < 1.29 is 4.74 Å². The van der Waals surface area contributed by atoms with Crippen LogP contribution in [0.5, 0.6) is 0 Å². The fourth-order valence-corrected chi connectivity index (χ4v) is 2.70. The van der Waals surface area contributed by atoms with Crippen molar-refractivity contribution >= 4 is 0 Å². The van der Waals surface area contributed by atoms with Crippen LogP contribution in [0.25, 0.3) is 11.4 Å². The lowest BCUT2D eigenvalue weighted by molar-refractivity contribution is 0.187. The fourth-order valence-electron chi connectivity index (χ4n) is 2.70. The topological polar surface area (TPSA) is 52.0 Å². The third-order valence-corrected chi connectivity index (χ3v) is 3.71. The van der Waals surface area contributed by atoms with E-state index in [4.69, 9.17) is 9.72 Å². The predicted octanol–water partition coefficient (Wildman–Crippen LogP) is 1.57. The van der Waals surface area contributed by atoms with Gasteiger partial charge >= 0.3 is 0 Å². The molecule has 106 valence electrons. The zero-order chi connectivity index (χ0) is 13.9. The highest BCUT2D eigenvalue weighted by atomic mass is 16.5. The Hall–Kier alpha value is -1.72. The minimum absolute atomic E-state index is 0.268. The van der Waals surface area contributed by atoms with E-state index in [0.29, 0.717) is 12.6 Å². The molecule has 1 saturated heterocycles. The Morgan fingerprint density at radius 2 is 2.10 bits per heavy atom. The van der Waals surface area contributed by atoms with E-state index in [9.17, 15) is 0 Å². The van der Waals surface area contributed by atoms with Gasteiger partial charge in [0.05, 0.1) is 19.1 Å². The van der Waals surface area contributed by atoms with E-state index in [0.717, 1.165) is 30.4 Å². The highest BCUT2D eigenvalue weighted by Gasteiger charge is 2.32. The largest absolute Gasteiger partial charge is 0.379 e. The standard InChI is InChI=1S/C15H20N4O/c1-3-16-13-10-20-9-12(13)15-17-14(18-19(15)2)11-7-5-4-6-8-11/h4-8,12-13,16H,3,9-10H2,1-2H3. The molecule has 0 bridgehead atoms. The predicted molar refractivity (Wildman–Crippen MR) is 77.5 cm³/mol. The van der Waals surface area contributed by atoms with Gasteiger partial charge in [-0.1, -0.05) is 37.3 Å². The van der Waals surface area contributed by atoms with Crippen molar-refractivity contribution in [2.75, 3.05) is 19.8 Å². The molecule has 0 amide bonds. The smallest absolute Gasteiger partial charge is 0.181 e. The molecule has 1 N–H and O–H groups in total. The molecule has 1 aliphatic rings. The van der Waals surface area contributed by atoms with Crippen LogP contribution in [0.2, 0.25) is 0 Å². The van der Waals surface area contributed by atoms with E-state index >= 15 is 0 Å². The van der Waals surface area contributed by atoms with E-state index in [1.54, 1.807) is 0 Å². The van der Waals surface area contributed by atoms with Gasteiger partial charge in [-0.3, -0.25) is 4.68 Å². The highest BCUT2D eigenvalue weighted by Crippen LogP contribution is 2.26. The van der Waals surface area contributed by atoms with Gasteiger partial charge in [-0.15, -0.1) is 0 Å². The van der Waals surface area contributed by atoms with Crippen LogP contribution in [-0.2, 0) is 11.8 Å². The van der Waals surface area contributed by atoms with Crippen molar-refractivity contribution in [3.8, 4) is 11.4 Å². The molecule has 0 saturated carbocycles. The summed E-state index contributed by atoms with van der Waals surface area (Å²) in [6.07, 6.45) is 0. The Labute approximate surface area is 119 Å². The van der Waals surface area contributed by atoms with Gasteiger partial charge < -0.3 is 10.1 Å². The number of nitrogens with one attached hydrogen (secondary N) is 1. The quantitative estimate of drug-likeness (QED) is 0.918. The van der Waals surface area contributed by atoms with Crippen molar-refractivity contribution in [1.82, 2.24) is 20.1 Å². The van der Waals surface area contributed by atoms with Crippen molar-refractivity contribution in [3.63, 3.8) is 0 Å². The Morgan fingerprint density at radius 3 is 2.85 bits per heavy atom. The number of aromatic nitrogens is 3. The molecule has 1 aliphatic heterocycles. The summed E-state index contributed by atoms with van der Waals surface area (Å²) in [5, 5.41) is 8.01. The van der Waals surface area contributed by atoms with Crippen molar-refractivity contribution in [2.45, 2.75) is 18.9 Å². The molecule has 0 spiro atoms. The minimum Gasteiger partial charge on any atom is -0.379 e. The molecule has 20 heavy (non-hydrogen) atoms. The first kappa shape index (κ1) is 13.3. The van der Waals surface area contributed by atoms with Crippen LogP contribution in [0.15, 0.2) is 30.3 Å². The van der Waals surface area contributed by atoms with Gasteiger partial charge in [0.15, 0.2) is 5.82 Å². The number of benzene rings is 1. The van der Waals surface area contributed by atoms with Crippen LogP contribution in [0.3, 0.4) is 0 Å². The molecule has 2 atom stereocenters. The van der Waals surface area contributed by atoms with E-state index in [2.05, 4.69) is 17.3 Å². The van der Waals surface area contributed by atoms with Crippen LogP contribution in [0.1, 0.15) is 18.7 Å². The van der Waals surface area contributed by atoms with Gasteiger partial charge in [0, 0.05) is 18.7 Å². The second-order valence-corrected chi connectivity index (χ2v) is 5.09.